The predicted molar refractivity (Wildman–Crippen MR) is 106 cm³/mol. The fourth-order valence-corrected chi connectivity index (χ4v) is 3.80. The van der Waals surface area contributed by atoms with Crippen molar-refractivity contribution in [3.63, 3.8) is 0 Å². The fraction of sp³-hybridized carbons (Fsp3) is 0.273. The molecule has 6 heteroatoms. The van der Waals surface area contributed by atoms with Crippen molar-refractivity contribution in [3.05, 3.63) is 65.9 Å². The molecule has 1 aromatic heterocycles. The second-order valence-corrected chi connectivity index (χ2v) is 7.03. The summed E-state index contributed by atoms with van der Waals surface area (Å²) in [6.45, 7) is 0.262. The summed E-state index contributed by atoms with van der Waals surface area (Å²) in [5, 5.41) is 9.91. The van der Waals surface area contributed by atoms with Gasteiger partial charge in [0.2, 0.25) is 0 Å². The monoisotopic (exact) mass is 378 g/mol. The molecule has 0 spiro atoms. The largest absolute Gasteiger partial charge is 0.482 e. The average Bonchev–Trinajstić information content (AvgIpc) is 3.16. The molecule has 2 N–H and O–H groups in total. The van der Waals surface area contributed by atoms with E-state index >= 15 is 0 Å². The Kier molecular flexibility index (Phi) is 5.02. The van der Waals surface area contributed by atoms with Gasteiger partial charge in [-0.3, -0.25) is 4.79 Å². The number of hydrogen-bond acceptors (Lipinski definition) is 3. The van der Waals surface area contributed by atoms with E-state index in [0.717, 1.165) is 35.9 Å². The molecule has 0 aliphatic carbocycles. The molecule has 1 atom stereocenters. The smallest absolute Gasteiger partial charge is 0.341 e. The molecular weight excluding hydrogens is 356 g/mol. The number of nitrogens with zero attached hydrogens (tertiary/aromatic N) is 1. The molecule has 1 aliphatic rings. The van der Waals surface area contributed by atoms with Crippen molar-refractivity contribution in [2.45, 2.75) is 25.3 Å². The van der Waals surface area contributed by atoms with Crippen LogP contribution in [0.1, 0.15) is 41.4 Å². The number of amides is 1. The molecule has 1 unspecified atom stereocenters. The normalized spacial score (nSPS) is 16.9. The van der Waals surface area contributed by atoms with Gasteiger partial charge < -0.3 is 19.7 Å². The first-order valence-corrected chi connectivity index (χ1v) is 9.45. The first kappa shape index (κ1) is 18.1. The zero-order valence-electron chi connectivity index (χ0n) is 15.4. The summed E-state index contributed by atoms with van der Waals surface area (Å²) < 4.78 is 5.22. The number of carbonyl (C=O) groups is 2. The molecule has 0 bridgehead atoms. The molecule has 4 rings (SSSR count). The SMILES string of the molecule is O=C(O)COc1cccc(C(=O)N2CCCCC2c2cc3ccccc3[nH]2)c1. The number of hydrogen-bond donors (Lipinski definition) is 2. The van der Waals surface area contributed by atoms with E-state index in [4.69, 9.17) is 9.84 Å². The third-order valence-electron chi connectivity index (χ3n) is 5.12. The van der Waals surface area contributed by atoms with Gasteiger partial charge in [0.05, 0.1) is 6.04 Å². The highest BCUT2D eigenvalue weighted by molar-refractivity contribution is 5.95. The number of likely N-dealkylation sites (tertiary alicyclic amines) is 1. The Hall–Kier alpha value is -3.28. The zero-order chi connectivity index (χ0) is 19.5. The van der Waals surface area contributed by atoms with Crippen molar-refractivity contribution in [1.82, 2.24) is 9.88 Å². The van der Waals surface area contributed by atoms with Crippen molar-refractivity contribution in [2.24, 2.45) is 0 Å². The van der Waals surface area contributed by atoms with Gasteiger partial charge in [0.15, 0.2) is 6.61 Å². The van der Waals surface area contributed by atoms with E-state index in [1.165, 1.54) is 0 Å². The summed E-state index contributed by atoms with van der Waals surface area (Å²) in [6, 6.07) is 17.0. The van der Waals surface area contributed by atoms with Crippen LogP contribution in [0, 0.1) is 0 Å². The van der Waals surface area contributed by atoms with E-state index in [-0.39, 0.29) is 11.9 Å². The highest BCUT2D eigenvalue weighted by Gasteiger charge is 2.30. The standard InChI is InChI=1S/C22H22N2O4/c25-21(26)14-28-17-8-5-7-16(12-17)22(27)24-11-4-3-10-20(24)19-13-15-6-1-2-9-18(15)23-19/h1-2,5-9,12-13,20,23H,3-4,10-11,14H2,(H,25,26). The van der Waals surface area contributed by atoms with Crippen LogP contribution in [0.15, 0.2) is 54.6 Å². The number of ether oxygens (including phenoxy) is 1. The number of aliphatic carboxylic acids is 1. The second kappa shape index (κ2) is 7.76. The summed E-state index contributed by atoms with van der Waals surface area (Å²) in [4.78, 5) is 29.3. The molecule has 2 aromatic carbocycles. The molecule has 3 aromatic rings. The Morgan fingerprint density at radius 3 is 2.79 bits per heavy atom. The number of carbonyl (C=O) groups excluding carboxylic acids is 1. The molecule has 28 heavy (non-hydrogen) atoms. The van der Waals surface area contributed by atoms with Crippen molar-refractivity contribution >= 4 is 22.8 Å². The van der Waals surface area contributed by atoms with Gasteiger partial charge in [0.25, 0.3) is 5.91 Å². The maximum atomic E-state index is 13.2. The second-order valence-electron chi connectivity index (χ2n) is 7.03. The molecule has 6 nitrogen and oxygen atoms in total. The predicted octanol–water partition coefficient (Wildman–Crippen LogP) is 4.00. The van der Waals surface area contributed by atoms with Crippen LogP contribution in [0.4, 0.5) is 0 Å². The number of carboxylic acid groups (broad SMARTS) is 1. The molecule has 1 fully saturated rings. The van der Waals surface area contributed by atoms with Gasteiger partial charge >= 0.3 is 5.97 Å². The first-order valence-electron chi connectivity index (χ1n) is 9.45. The van der Waals surface area contributed by atoms with Gasteiger partial charge in [-0.05, 0) is 55.0 Å². The molecule has 1 amide bonds. The lowest BCUT2D eigenvalue weighted by molar-refractivity contribution is -0.139. The molecule has 2 heterocycles. The van der Waals surface area contributed by atoms with Gasteiger partial charge in [-0.15, -0.1) is 0 Å². The summed E-state index contributed by atoms with van der Waals surface area (Å²) in [7, 11) is 0. The number of benzene rings is 2. The van der Waals surface area contributed by atoms with Crippen molar-refractivity contribution in [1.29, 1.82) is 0 Å². The van der Waals surface area contributed by atoms with E-state index < -0.39 is 12.6 Å². The summed E-state index contributed by atoms with van der Waals surface area (Å²) in [5.41, 5.74) is 2.62. The van der Waals surface area contributed by atoms with Gasteiger partial charge in [-0.25, -0.2) is 4.79 Å². The van der Waals surface area contributed by atoms with Crippen LogP contribution < -0.4 is 4.74 Å². The van der Waals surface area contributed by atoms with Gasteiger partial charge in [0.1, 0.15) is 5.75 Å². The number of aromatic nitrogens is 1. The number of rotatable bonds is 5. The maximum absolute atomic E-state index is 13.2. The molecule has 1 aliphatic heterocycles. The fourth-order valence-electron chi connectivity index (χ4n) is 3.80. The Labute approximate surface area is 162 Å². The van der Waals surface area contributed by atoms with E-state index in [1.807, 2.05) is 23.1 Å². The number of piperidine rings is 1. The third kappa shape index (κ3) is 3.71. The van der Waals surface area contributed by atoms with Crippen LogP contribution in [-0.4, -0.2) is 40.0 Å². The van der Waals surface area contributed by atoms with E-state index in [9.17, 15) is 9.59 Å². The molecule has 0 radical (unpaired) electrons. The summed E-state index contributed by atoms with van der Waals surface area (Å²) in [6.07, 6.45) is 2.96. The highest BCUT2D eigenvalue weighted by Crippen LogP contribution is 2.33. The van der Waals surface area contributed by atoms with Crippen LogP contribution in [0.2, 0.25) is 0 Å². The molecule has 1 saturated heterocycles. The number of aromatic amines is 1. The van der Waals surface area contributed by atoms with Crippen LogP contribution >= 0.6 is 0 Å². The van der Waals surface area contributed by atoms with Gasteiger partial charge in [-0.2, -0.15) is 0 Å². The summed E-state index contributed by atoms with van der Waals surface area (Å²) in [5.74, 6) is -0.733. The topological polar surface area (TPSA) is 82.6 Å². The number of fused-ring (bicyclic) bond motifs is 1. The lowest BCUT2D eigenvalue weighted by Gasteiger charge is -2.35. The van der Waals surface area contributed by atoms with Crippen LogP contribution in [0.25, 0.3) is 10.9 Å². The van der Waals surface area contributed by atoms with Gasteiger partial charge in [0, 0.05) is 23.3 Å². The minimum absolute atomic E-state index is 0.00255. The number of H-pyrrole nitrogens is 1. The lowest BCUT2D eigenvalue weighted by Crippen LogP contribution is -2.38. The van der Waals surface area contributed by atoms with Crippen LogP contribution in [0.5, 0.6) is 5.75 Å². The Morgan fingerprint density at radius 1 is 1.11 bits per heavy atom. The average molecular weight is 378 g/mol. The van der Waals surface area contributed by atoms with Crippen LogP contribution in [-0.2, 0) is 4.79 Å². The first-order chi connectivity index (χ1) is 13.6. The Bertz CT molecular complexity index is 977. The van der Waals surface area contributed by atoms with Crippen molar-refractivity contribution in [2.75, 3.05) is 13.2 Å². The lowest BCUT2D eigenvalue weighted by atomic mass is 9.98. The number of nitrogens with one attached hydrogen (secondary N) is 1. The quantitative estimate of drug-likeness (QED) is 0.703. The van der Waals surface area contributed by atoms with E-state index in [2.05, 4.69) is 17.1 Å². The Balaban J connectivity index is 1.59. The van der Waals surface area contributed by atoms with Crippen molar-refractivity contribution in [3.8, 4) is 5.75 Å². The van der Waals surface area contributed by atoms with Gasteiger partial charge in [-0.1, -0.05) is 24.3 Å². The zero-order valence-corrected chi connectivity index (χ0v) is 15.4. The van der Waals surface area contributed by atoms with E-state index in [0.29, 0.717) is 17.9 Å². The van der Waals surface area contributed by atoms with Crippen LogP contribution in [0.3, 0.4) is 0 Å². The highest BCUT2D eigenvalue weighted by atomic mass is 16.5. The minimum atomic E-state index is -1.05. The van der Waals surface area contributed by atoms with Crippen molar-refractivity contribution < 1.29 is 19.4 Å². The molecule has 144 valence electrons. The molecule has 0 saturated carbocycles. The van der Waals surface area contributed by atoms with E-state index in [1.54, 1.807) is 24.3 Å². The number of para-hydroxylation sites is 1. The summed E-state index contributed by atoms with van der Waals surface area (Å²) >= 11 is 0. The molecular formula is C22H22N2O4. The number of carboxylic acids is 1. The third-order valence-corrected chi connectivity index (χ3v) is 5.12. The minimum Gasteiger partial charge on any atom is -0.482 e. The Morgan fingerprint density at radius 2 is 1.96 bits per heavy atom. The maximum Gasteiger partial charge on any atom is 0.341 e.